The average molecular weight is 323 g/mol. The van der Waals surface area contributed by atoms with E-state index in [0.717, 1.165) is 10.0 Å². The minimum Gasteiger partial charge on any atom is -0.457 e. The molecule has 0 atom stereocenters. The predicted molar refractivity (Wildman–Crippen MR) is 76.5 cm³/mol. The molecule has 0 saturated heterocycles. The molecule has 0 unspecified atom stereocenters. The summed E-state index contributed by atoms with van der Waals surface area (Å²) < 4.78 is 6.60. The smallest absolute Gasteiger partial charge is 0.292 e. The molecule has 0 aromatic heterocycles. The number of aryl methyl sites for hydroxylation is 1. The van der Waals surface area contributed by atoms with Gasteiger partial charge in [0.15, 0.2) is 0 Å². The van der Waals surface area contributed by atoms with Crippen molar-refractivity contribution in [2.24, 2.45) is 0 Å². The molecule has 0 saturated carbocycles. The molecule has 2 N–H and O–H groups in total. The van der Waals surface area contributed by atoms with Crippen LogP contribution in [0.3, 0.4) is 0 Å². The molecule has 2 aromatic carbocycles. The number of halogens is 1. The van der Waals surface area contributed by atoms with E-state index >= 15 is 0 Å². The Labute approximate surface area is 118 Å². The molecule has 2 aromatic rings. The second-order valence-electron chi connectivity index (χ2n) is 3.99. The van der Waals surface area contributed by atoms with Crippen molar-refractivity contribution in [2.75, 3.05) is 5.73 Å². The number of nitrogens with zero attached hydrogens (tertiary/aromatic N) is 1. The van der Waals surface area contributed by atoms with E-state index < -0.39 is 4.92 Å². The normalized spacial score (nSPS) is 10.2. The summed E-state index contributed by atoms with van der Waals surface area (Å²) in [5, 5.41) is 10.7. The summed E-state index contributed by atoms with van der Waals surface area (Å²) in [6, 6.07) is 9.83. The molecular formula is C13H11BrN2O3. The third kappa shape index (κ3) is 3.03. The van der Waals surface area contributed by atoms with E-state index in [1.54, 1.807) is 6.07 Å². The Morgan fingerprint density at radius 1 is 1.21 bits per heavy atom. The summed E-state index contributed by atoms with van der Waals surface area (Å²) in [6.07, 6.45) is 0. The lowest BCUT2D eigenvalue weighted by Crippen LogP contribution is -1.96. The standard InChI is InChI=1S/C13H11BrN2O3/c1-8-6-9(2-4-11(8)14)19-10-3-5-13(16(17)18)12(15)7-10/h2-7H,15H2,1H3. The first-order chi connectivity index (χ1) is 8.97. The Bertz CT molecular complexity index is 644. The highest BCUT2D eigenvalue weighted by molar-refractivity contribution is 9.10. The molecule has 0 bridgehead atoms. The van der Waals surface area contributed by atoms with Crippen molar-refractivity contribution in [1.29, 1.82) is 0 Å². The third-order valence-electron chi connectivity index (χ3n) is 2.56. The summed E-state index contributed by atoms with van der Waals surface area (Å²) in [4.78, 5) is 10.1. The number of hydrogen-bond donors (Lipinski definition) is 1. The van der Waals surface area contributed by atoms with Gasteiger partial charge in [-0.2, -0.15) is 0 Å². The molecule has 6 heteroatoms. The topological polar surface area (TPSA) is 78.4 Å². The van der Waals surface area contributed by atoms with Gasteiger partial charge in [0.1, 0.15) is 17.2 Å². The van der Waals surface area contributed by atoms with Crippen LogP contribution in [0.1, 0.15) is 5.56 Å². The van der Waals surface area contributed by atoms with Gasteiger partial charge in [0.25, 0.3) is 5.69 Å². The lowest BCUT2D eigenvalue weighted by molar-refractivity contribution is -0.383. The zero-order chi connectivity index (χ0) is 14.0. The van der Waals surface area contributed by atoms with Gasteiger partial charge in [0.05, 0.1) is 4.92 Å². The van der Waals surface area contributed by atoms with E-state index in [9.17, 15) is 10.1 Å². The van der Waals surface area contributed by atoms with Crippen LogP contribution < -0.4 is 10.5 Å². The molecule has 0 heterocycles. The van der Waals surface area contributed by atoms with Crippen molar-refractivity contribution < 1.29 is 9.66 Å². The van der Waals surface area contributed by atoms with Crippen LogP contribution in [0.2, 0.25) is 0 Å². The highest BCUT2D eigenvalue weighted by atomic mass is 79.9. The van der Waals surface area contributed by atoms with Gasteiger partial charge in [-0.15, -0.1) is 0 Å². The van der Waals surface area contributed by atoms with Crippen LogP contribution in [-0.2, 0) is 0 Å². The number of rotatable bonds is 3. The molecule has 0 spiro atoms. The molecule has 0 fully saturated rings. The maximum Gasteiger partial charge on any atom is 0.292 e. The van der Waals surface area contributed by atoms with Gasteiger partial charge >= 0.3 is 0 Å². The first-order valence-corrected chi connectivity index (χ1v) is 6.24. The first-order valence-electron chi connectivity index (χ1n) is 5.45. The van der Waals surface area contributed by atoms with Gasteiger partial charge in [-0.1, -0.05) is 15.9 Å². The van der Waals surface area contributed by atoms with Crippen molar-refractivity contribution in [3.05, 3.63) is 56.5 Å². The summed E-state index contributed by atoms with van der Waals surface area (Å²) in [7, 11) is 0. The van der Waals surface area contributed by atoms with Crippen LogP contribution >= 0.6 is 15.9 Å². The predicted octanol–water partition coefficient (Wildman–Crippen LogP) is 4.04. The van der Waals surface area contributed by atoms with Gasteiger partial charge in [-0.3, -0.25) is 10.1 Å². The summed E-state index contributed by atoms with van der Waals surface area (Å²) in [5.41, 5.74) is 6.59. The van der Waals surface area contributed by atoms with Crippen LogP contribution in [0.15, 0.2) is 40.9 Å². The number of hydrogen-bond acceptors (Lipinski definition) is 4. The molecule has 5 nitrogen and oxygen atoms in total. The van der Waals surface area contributed by atoms with Gasteiger partial charge in [-0.25, -0.2) is 0 Å². The van der Waals surface area contributed by atoms with Crippen molar-refractivity contribution in [2.45, 2.75) is 6.92 Å². The molecule has 98 valence electrons. The molecule has 0 amide bonds. The minimum atomic E-state index is -0.525. The lowest BCUT2D eigenvalue weighted by atomic mass is 10.2. The van der Waals surface area contributed by atoms with E-state index in [1.165, 1.54) is 18.2 Å². The summed E-state index contributed by atoms with van der Waals surface area (Å²) in [5.74, 6) is 1.11. The Morgan fingerprint density at radius 3 is 2.42 bits per heavy atom. The molecule has 0 aliphatic carbocycles. The maximum atomic E-state index is 10.7. The van der Waals surface area contributed by atoms with E-state index in [0.29, 0.717) is 11.5 Å². The molecular weight excluding hydrogens is 312 g/mol. The fourth-order valence-electron chi connectivity index (χ4n) is 1.58. The lowest BCUT2D eigenvalue weighted by Gasteiger charge is -2.08. The van der Waals surface area contributed by atoms with Crippen LogP contribution in [-0.4, -0.2) is 4.92 Å². The Morgan fingerprint density at radius 2 is 1.84 bits per heavy atom. The van der Waals surface area contributed by atoms with Crippen LogP contribution in [0.4, 0.5) is 11.4 Å². The minimum absolute atomic E-state index is 0.0799. The molecule has 0 radical (unpaired) electrons. The number of ether oxygens (including phenoxy) is 1. The summed E-state index contributed by atoms with van der Waals surface area (Å²) >= 11 is 3.40. The first kappa shape index (κ1) is 13.4. The molecule has 2 rings (SSSR count). The SMILES string of the molecule is Cc1cc(Oc2ccc([N+](=O)[O-])c(N)c2)ccc1Br. The van der Waals surface area contributed by atoms with Gasteiger partial charge in [0.2, 0.25) is 0 Å². The summed E-state index contributed by atoms with van der Waals surface area (Å²) in [6.45, 7) is 1.95. The number of anilines is 1. The Balaban J connectivity index is 2.26. The van der Waals surface area contributed by atoms with E-state index in [2.05, 4.69) is 15.9 Å². The largest absolute Gasteiger partial charge is 0.457 e. The molecule has 0 aliphatic heterocycles. The Hall–Kier alpha value is -2.08. The van der Waals surface area contributed by atoms with Gasteiger partial charge in [0, 0.05) is 16.6 Å². The zero-order valence-corrected chi connectivity index (χ0v) is 11.7. The van der Waals surface area contributed by atoms with Crippen LogP contribution in [0.5, 0.6) is 11.5 Å². The maximum absolute atomic E-state index is 10.7. The quantitative estimate of drug-likeness (QED) is 0.525. The van der Waals surface area contributed by atoms with E-state index in [1.807, 2.05) is 19.1 Å². The van der Waals surface area contributed by atoms with Crippen LogP contribution in [0.25, 0.3) is 0 Å². The van der Waals surface area contributed by atoms with Crippen molar-refractivity contribution in [3.63, 3.8) is 0 Å². The fraction of sp³-hybridized carbons (Fsp3) is 0.0769. The fourth-order valence-corrected chi connectivity index (χ4v) is 1.83. The number of nitro benzene ring substituents is 1. The third-order valence-corrected chi connectivity index (χ3v) is 3.45. The average Bonchev–Trinajstić information content (AvgIpc) is 2.33. The monoisotopic (exact) mass is 322 g/mol. The highest BCUT2D eigenvalue weighted by Crippen LogP contribution is 2.30. The van der Waals surface area contributed by atoms with Crippen molar-refractivity contribution >= 4 is 27.3 Å². The highest BCUT2D eigenvalue weighted by Gasteiger charge is 2.12. The van der Waals surface area contributed by atoms with E-state index in [4.69, 9.17) is 10.5 Å². The Kier molecular flexibility index (Phi) is 3.71. The van der Waals surface area contributed by atoms with Crippen LogP contribution in [0, 0.1) is 17.0 Å². The second kappa shape index (κ2) is 5.27. The number of nitrogen functional groups attached to an aromatic ring is 1. The molecule has 19 heavy (non-hydrogen) atoms. The van der Waals surface area contributed by atoms with E-state index in [-0.39, 0.29) is 11.4 Å². The number of benzene rings is 2. The van der Waals surface area contributed by atoms with Crippen molar-refractivity contribution in [3.8, 4) is 11.5 Å². The number of nitro groups is 1. The van der Waals surface area contributed by atoms with Gasteiger partial charge < -0.3 is 10.5 Å². The number of nitrogens with two attached hydrogens (primary N) is 1. The second-order valence-corrected chi connectivity index (χ2v) is 4.85. The molecule has 0 aliphatic rings. The zero-order valence-electron chi connectivity index (χ0n) is 10.1. The van der Waals surface area contributed by atoms with Crippen molar-refractivity contribution in [1.82, 2.24) is 0 Å². The van der Waals surface area contributed by atoms with Gasteiger partial charge in [-0.05, 0) is 36.8 Å².